The first kappa shape index (κ1) is 17.1. The largest absolute Gasteiger partial charge is 0.323 e. The Labute approximate surface area is 152 Å². The average Bonchev–Trinajstić information content (AvgIpc) is 2.97. The van der Waals surface area contributed by atoms with E-state index < -0.39 is 0 Å². The predicted molar refractivity (Wildman–Crippen MR) is 104 cm³/mol. The van der Waals surface area contributed by atoms with Crippen molar-refractivity contribution in [2.45, 2.75) is 72.1 Å². The fourth-order valence-corrected chi connectivity index (χ4v) is 7.45. The Hall–Kier alpha value is -1.32. The van der Waals surface area contributed by atoms with Gasteiger partial charge in [0.25, 0.3) is 0 Å². The van der Waals surface area contributed by atoms with Crippen molar-refractivity contribution in [2.75, 3.05) is 0 Å². The minimum absolute atomic E-state index is 0.369. The number of fused-ring (bicyclic) bond motifs is 5. The van der Waals surface area contributed by atoms with E-state index in [2.05, 4.69) is 37.1 Å². The Kier molecular flexibility index (Phi) is 4.01. The SMILES string of the molecule is C/C(=N/N)[C@@H]1CC[C@@H]2[C@H]3CCC4=C/C(=N/N)CC[C@]4(C)[C@@H]3CC[C@@]21C. The lowest BCUT2D eigenvalue weighted by molar-refractivity contribution is -0.0407. The van der Waals surface area contributed by atoms with Gasteiger partial charge in [0, 0.05) is 11.6 Å². The van der Waals surface area contributed by atoms with Gasteiger partial charge in [-0.25, -0.2) is 0 Å². The van der Waals surface area contributed by atoms with Crippen LogP contribution >= 0.6 is 0 Å². The minimum atomic E-state index is 0.369. The van der Waals surface area contributed by atoms with Gasteiger partial charge in [0.05, 0.1) is 5.71 Å². The Balaban J connectivity index is 1.65. The van der Waals surface area contributed by atoms with Crippen molar-refractivity contribution in [3.63, 3.8) is 0 Å². The van der Waals surface area contributed by atoms with E-state index in [1.165, 1.54) is 50.7 Å². The molecule has 0 spiro atoms. The molecule has 0 aromatic rings. The van der Waals surface area contributed by atoms with E-state index in [4.69, 9.17) is 11.7 Å². The first-order valence-electron chi connectivity index (χ1n) is 10.2. The second-order valence-corrected chi connectivity index (χ2v) is 9.57. The van der Waals surface area contributed by atoms with E-state index in [0.29, 0.717) is 16.7 Å². The summed E-state index contributed by atoms with van der Waals surface area (Å²) in [7, 11) is 0. The number of allylic oxidation sites excluding steroid dienone is 2. The molecule has 3 fully saturated rings. The van der Waals surface area contributed by atoms with Crippen LogP contribution in [-0.4, -0.2) is 11.4 Å². The number of nitrogens with two attached hydrogens (primary N) is 2. The Morgan fingerprint density at radius 1 is 1.04 bits per heavy atom. The summed E-state index contributed by atoms with van der Waals surface area (Å²) in [6.07, 6.45) is 12.5. The average molecular weight is 343 g/mol. The first-order valence-corrected chi connectivity index (χ1v) is 10.2. The van der Waals surface area contributed by atoms with Crippen LogP contribution in [-0.2, 0) is 0 Å². The van der Waals surface area contributed by atoms with Crippen LogP contribution in [0.2, 0.25) is 0 Å². The summed E-state index contributed by atoms with van der Waals surface area (Å²) in [5.74, 6) is 14.4. The van der Waals surface area contributed by atoms with Gasteiger partial charge in [-0.3, -0.25) is 0 Å². The molecule has 4 aliphatic carbocycles. The normalized spacial score (nSPS) is 48.5. The second-order valence-electron chi connectivity index (χ2n) is 9.57. The van der Waals surface area contributed by atoms with Gasteiger partial charge in [-0.2, -0.15) is 10.2 Å². The van der Waals surface area contributed by atoms with Gasteiger partial charge in [0.1, 0.15) is 0 Å². The summed E-state index contributed by atoms with van der Waals surface area (Å²) in [4.78, 5) is 0. The Morgan fingerprint density at radius 3 is 2.56 bits per heavy atom. The van der Waals surface area contributed by atoms with Crippen LogP contribution in [0.3, 0.4) is 0 Å². The van der Waals surface area contributed by atoms with Crippen molar-refractivity contribution < 1.29 is 0 Å². The summed E-state index contributed by atoms with van der Waals surface area (Å²) in [5, 5.41) is 8.08. The highest BCUT2D eigenvalue weighted by Gasteiger charge is 2.59. The third kappa shape index (κ3) is 2.32. The molecule has 0 aromatic carbocycles. The number of rotatable bonds is 1. The van der Waals surface area contributed by atoms with Crippen molar-refractivity contribution in [3.8, 4) is 0 Å². The molecule has 4 nitrogen and oxygen atoms in total. The maximum Gasteiger partial charge on any atom is 0.0600 e. The van der Waals surface area contributed by atoms with Crippen molar-refractivity contribution in [1.29, 1.82) is 0 Å². The highest BCUT2D eigenvalue weighted by molar-refractivity contribution is 5.96. The van der Waals surface area contributed by atoms with E-state index in [1.54, 1.807) is 5.57 Å². The predicted octanol–water partition coefficient (Wildman–Crippen LogP) is 4.21. The zero-order chi connectivity index (χ0) is 17.8. The molecule has 4 heteroatoms. The van der Waals surface area contributed by atoms with E-state index in [-0.39, 0.29) is 0 Å². The van der Waals surface area contributed by atoms with Gasteiger partial charge in [0.15, 0.2) is 0 Å². The highest BCUT2D eigenvalue weighted by Crippen LogP contribution is 2.66. The summed E-state index contributed by atoms with van der Waals surface area (Å²) in [6.45, 7) is 7.21. The van der Waals surface area contributed by atoms with Crippen LogP contribution in [0.1, 0.15) is 72.1 Å². The number of hydrogen-bond donors (Lipinski definition) is 2. The lowest BCUT2D eigenvalue weighted by Gasteiger charge is -2.58. The first-order chi connectivity index (χ1) is 11.9. The molecule has 0 amide bonds. The van der Waals surface area contributed by atoms with Gasteiger partial charge in [-0.05, 0) is 93.0 Å². The molecule has 0 radical (unpaired) electrons. The molecule has 4 rings (SSSR count). The lowest BCUT2D eigenvalue weighted by Crippen LogP contribution is -2.51. The smallest absolute Gasteiger partial charge is 0.0600 e. The van der Waals surface area contributed by atoms with Crippen molar-refractivity contribution in [1.82, 2.24) is 0 Å². The molecule has 0 bridgehead atoms. The number of hydrazone groups is 2. The van der Waals surface area contributed by atoms with Gasteiger partial charge >= 0.3 is 0 Å². The van der Waals surface area contributed by atoms with Gasteiger partial charge < -0.3 is 11.7 Å². The lowest BCUT2D eigenvalue weighted by atomic mass is 9.46. The van der Waals surface area contributed by atoms with Crippen LogP contribution in [0.4, 0.5) is 0 Å². The van der Waals surface area contributed by atoms with Crippen molar-refractivity contribution in [2.24, 2.45) is 56.4 Å². The topological polar surface area (TPSA) is 76.8 Å². The zero-order valence-corrected chi connectivity index (χ0v) is 16.1. The minimum Gasteiger partial charge on any atom is -0.323 e. The molecule has 0 heterocycles. The molecule has 0 unspecified atom stereocenters. The molecular weight excluding hydrogens is 308 g/mol. The molecule has 0 saturated heterocycles. The molecule has 0 aliphatic heterocycles. The summed E-state index contributed by atoms with van der Waals surface area (Å²) >= 11 is 0. The summed E-state index contributed by atoms with van der Waals surface area (Å²) < 4.78 is 0. The Bertz CT molecular complexity index is 648. The maximum absolute atomic E-state index is 5.66. The summed E-state index contributed by atoms with van der Waals surface area (Å²) in [6, 6.07) is 0. The van der Waals surface area contributed by atoms with Crippen molar-refractivity contribution in [3.05, 3.63) is 11.6 Å². The third-order valence-electron chi connectivity index (χ3n) is 8.85. The molecular formula is C21H34N4. The molecule has 0 aromatic heterocycles. The van der Waals surface area contributed by atoms with Gasteiger partial charge in [-0.15, -0.1) is 0 Å². The number of nitrogens with zero attached hydrogens (tertiary/aromatic N) is 2. The third-order valence-corrected chi connectivity index (χ3v) is 8.85. The van der Waals surface area contributed by atoms with Gasteiger partial charge in [-0.1, -0.05) is 19.4 Å². The van der Waals surface area contributed by atoms with Crippen LogP contribution in [0.5, 0.6) is 0 Å². The highest BCUT2D eigenvalue weighted by atomic mass is 15.1. The van der Waals surface area contributed by atoms with E-state index >= 15 is 0 Å². The molecule has 6 atom stereocenters. The summed E-state index contributed by atoms with van der Waals surface area (Å²) in [5.41, 5.74) is 4.68. The van der Waals surface area contributed by atoms with Crippen LogP contribution in [0.25, 0.3) is 0 Å². The van der Waals surface area contributed by atoms with Gasteiger partial charge in [0.2, 0.25) is 0 Å². The van der Waals surface area contributed by atoms with E-state index in [0.717, 1.165) is 29.9 Å². The van der Waals surface area contributed by atoms with Crippen LogP contribution < -0.4 is 11.7 Å². The molecule has 4 aliphatic rings. The Morgan fingerprint density at radius 2 is 1.84 bits per heavy atom. The molecule has 138 valence electrons. The number of hydrogen-bond acceptors (Lipinski definition) is 4. The fraction of sp³-hybridized carbons (Fsp3) is 0.810. The maximum atomic E-state index is 5.66. The molecule has 25 heavy (non-hydrogen) atoms. The van der Waals surface area contributed by atoms with E-state index in [1.807, 2.05) is 0 Å². The van der Waals surface area contributed by atoms with Crippen LogP contribution in [0.15, 0.2) is 21.9 Å². The fourth-order valence-electron chi connectivity index (χ4n) is 7.45. The monoisotopic (exact) mass is 342 g/mol. The van der Waals surface area contributed by atoms with Crippen molar-refractivity contribution >= 4 is 11.4 Å². The van der Waals surface area contributed by atoms with Crippen LogP contribution in [0, 0.1) is 34.5 Å². The molecule has 4 N–H and O–H groups in total. The quantitative estimate of drug-likeness (QED) is 0.425. The zero-order valence-electron chi connectivity index (χ0n) is 16.1. The standard InChI is InChI=1S/C21H34N4/c1-13(24-22)17-6-7-18-16-5-4-14-12-15(25-23)8-10-20(14,2)19(16)9-11-21(17,18)3/h12,16-19H,4-11,22-23H2,1-3H3/b24-13-,25-15+/t16-,17+,18-,19-,20+,21-/m1/s1. The molecule has 3 saturated carbocycles. The second kappa shape index (κ2) is 5.85. The van der Waals surface area contributed by atoms with E-state index in [9.17, 15) is 0 Å².